The first-order chi connectivity index (χ1) is 12.3. The first-order valence-electron chi connectivity index (χ1n) is 7.11. The number of carbonyl (C=O) groups is 1. The molecule has 0 spiro atoms. The maximum Gasteiger partial charge on any atom is 0.397 e. The van der Waals surface area contributed by atoms with Gasteiger partial charge < -0.3 is 0 Å². The molecule has 0 fully saturated rings. The van der Waals surface area contributed by atoms with Gasteiger partial charge in [0.2, 0.25) is 5.78 Å². The number of ketones is 1. The van der Waals surface area contributed by atoms with E-state index in [1.165, 1.54) is 17.1 Å². The van der Waals surface area contributed by atoms with Crippen LogP contribution in [0.2, 0.25) is 0 Å². The van der Waals surface area contributed by atoms with Crippen molar-refractivity contribution in [1.82, 2.24) is 19.7 Å². The third-order valence-corrected chi connectivity index (χ3v) is 4.22. The molecular weight excluding hydrogens is 428 g/mol. The fourth-order valence-corrected chi connectivity index (χ4v) is 2.84. The highest BCUT2D eigenvalue weighted by Crippen LogP contribution is 2.23. The molecule has 0 saturated heterocycles. The molecule has 0 atom stereocenters. The molecule has 0 saturated carbocycles. The molecule has 0 bridgehead atoms. The summed E-state index contributed by atoms with van der Waals surface area (Å²) in [5, 5.41) is 7.48. The molecule has 0 aliphatic rings. The molecule has 1 N–H and O–H groups in total. The van der Waals surface area contributed by atoms with Gasteiger partial charge in [-0.15, -0.1) is 10.2 Å². The van der Waals surface area contributed by atoms with Gasteiger partial charge in [0.25, 0.3) is 0 Å². The Balaban J connectivity index is 2.05. The van der Waals surface area contributed by atoms with E-state index in [9.17, 15) is 13.2 Å². The van der Waals surface area contributed by atoms with Crippen LogP contribution in [0, 0.1) is 0 Å². The van der Waals surface area contributed by atoms with Gasteiger partial charge in [0.05, 0.1) is 5.69 Å². The minimum atomic E-state index is -4.64. The molecule has 9 nitrogen and oxygen atoms in total. The first-order valence-corrected chi connectivity index (χ1v) is 9.27. The lowest BCUT2D eigenvalue weighted by atomic mass is 10.1. The van der Waals surface area contributed by atoms with Crippen molar-refractivity contribution in [2.45, 2.75) is 6.61 Å². The summed E-state index contributed by atoms with van der Waals surface area (Å²) in [5.41, 5.74) is 0.949. The zero-order valence-corrected chi connectivity index (χ0v) is 15.4. The maximum atomic E-state index is 12.8. The molecule has 2 heterocycles. The summed E-state index contributed by atoms with van der Waals surface area (Å²) in [6.07, 6.45) is 2.82. The quantitative estimate of drug-likeness (QED) is 0.457. The average molecular weight is 439 g/mol. The Hall–Kier alpha value is -2.47. The van der Waals surface area contributed by atoms with E-state index in [1.807, 2.05) is 0 Å². The predicted molar refractivity (Wildman–Crippen MR) is 93.1 cm³/mol. The highest BCUT2D eigenvalue weighted by molar-refractivity contribution is 9.10. The molecule has 3 rings (SSSR count). The fraction of sp³-hybridized carbons (Fsp3) is 0.0667. The van der Waals surface area contributed by atoms with Crippen LogP contribution < -0.4 is 0 Å². The standard InChI is InChI=1S/C15H11BrN4O5S/c16-10-4-5-13(11(7-10)15(21)12-3-1-2-6-17-12)20-9-18-19-14(20)8-25-26(22,23)24/h1-7,9H,8H2,(H,22,23,24). The first kappa shape index (κ1) is 18.3. The van der Waals surface area contributed by atoms with Crippen LogP contribution in [-0.2, 0) is 21.2 Å². The molecule has 0 aliphatic carbocycles. The Bertz CT molecular complexity index is 1050. The summed E-state index contributed by atoms with van der Waals surface area (Å²) in [5.74, 6) is -0.253. The zero-order chi connectivity index (χ0) is 18.7. The van der Waals surface area contributed by atoms with E-state index in [-0.39, 0.29) is 17.3 Å². The minimum absolute atomic E-state index is 0.0834. The van der Waals surface area contributed by atoms with E-state index >= 15 is 0 Å². The fourth-order valence-electron chi connectivity index (χ4n) is 2.22. The van der Waals surface area contributed by atoms with Gasteiger partial charge in [-0.25, -0.2) is 4.18 Å². The van der Waals surface area contributed by atoms with Crippen LogP contribution >= 0.6 is 15.9 Å². The topological polar surface area (TPSA) is 124 Å². The molecule has 0 unspecified atom stereocenters. The number of halogens is 1. The molecule has 0 aliphatic heterocycles. The number of rotatable bonds is 6. The minimum Gasteiger partial charge on any atom is -0.287 e. The largest absolute Gasteiger partial charge is 0.397 e. The summed E-state index contributed by atoms with van der Waals surface area (Å²) in [6.45, 7) is -0.549. The van der Waals surface area contributed by atoms with E-state index in [2.05, 4.69) is 35.3 Å². The molecular formula is C15H11BrN4O5S. The van der Waals surface area contributed by atoms with Crippen LogP contribution in [0.4, 0.5) is 0 Å². The zero-order valence-electron chi connectivity index (χ0n) is 13.0. The SMILES string of the molecule is O=C(c1ccccn1)c1cc(Br)ccc1-n1cnnc1COS(=O)(=O)O. The second-order valence-corrected chi connectivity index (χ2v) is 7.02. The van der Waals surface area contributed by atoms with Crippen LogP contribution in [0.1, 0.15) is 21.9 Å². The van der Waals surface area contributed by atoms with Crippen molar-refractivity contribution in [2.75, 3.05) is 0 Å². The lowest BCUT2D eigenvalue weighted by Gasteiger charge is -2.12. The van der Waals surface area contributed by atoms with Gasteiger partial charge >= 0.3 is 10.4 Å². The van der Waals surface area contributed by atoms with Gasteiger partial charge in [-0.05, 0) is 30.3 Å². The average Bonchev–Trinajstić information content (AvgIpc) is 3.08. The van der Waals surface area contributed by atoms with Gasteiger partial charge in [-0.1, -0.05) is 22.0 Å². The van der Waals surface area contributed by atoms with Crippen molar-refractivity contribution in [2.24, 2.45) is 0 Å². The van der Waals surface area contributed by atoms with Crippen LogP contribution in [0.3, 0.4) is 0 Å². The van der Waals surface area contributed by atoms with Crippen molar-refractivity contribution in [1.29, 1.82) is 0 Å². The van der Waals surface area contributed by atoms with Crippen molar-refractivity contribution in [3.63, 3.8) is 0 Å². The number of aromatic nitrogens is 4. The molecule has 1 aromatic carbocycles. The van der Waals surface area contributed by atoms with E-state index in [1.54, 1.807) is 36.4 Å². The Labute approximate surface area is 156 Å². The van der Waals surface area contributed by atoms with Gasteiger partial charge in [0, 0.05) is 16.2 Å². The van der Waals surface area contributed by atoms with Gasteiger partial charge in [0.1, 0.15) is 18.6 Å². The van der Waals surface area contributed by atoms with Crippen molar-refractivity contribution < 1.29 is 21.9 Å². The van der Waals surface area contributed by atoms with Crippen molar-refractivity contribution >= 4 is 32.1 Å². The van der Waals surface area contributed by atoms with E-state index in [0.717, 1.165) is 0 Å². The highest BCUT2D eigenvalue weighted by atomic mass is 79.9. The Morgan fingerprint density at radius 1 is 1.27 bits per heavy atom. The number of benzene rings is 1. The molecule has 2 aromatic heterocycles. The van der Waals surface area contributed by atoms with Crippen LogP contribution in [0.5, 0.6) is 0 Å². The summed E-state index contributed by atoms with van der Waals surface area (Å²) < 4.78 is 36.7. The van der Waals surface area contributed by atoms with E-state index in [0.29, 0.717) is 15.7 Å². The van der Waals surface area contributed by atoms with Crippen LogP contribution in [-0.4, -0.2) is 38.5 Å². The number of hydrogen-bond donors (Lipinski definition) is 1. The molecule has 0 amide bonds. The molecule has 3 aromatic rings. The Kier molecular flexibility index (Phi) is 5.23. The summed E-state index contributed by atoms with van der Waals surface area (Å²) in [6, 6.07) is 9.94. The second-order valence-electron chi connectivity index (χ2n) is 5.01. The number of hydrogen-bond acceptors (Lipinski definition) is 7. The monoisotopic (exact) mass is 438 g/mol. The number of carbonyl (C=O) groups excluding carboxylic acids is 1. The molecule has 11 heteroatoms. The van der Waals surface area contributed by atoms with Gasteiger partial charge in [-0.3, -0.25) is 18.9 Å². The van der Waals surface area contributed by atoms with E-state index in [4.69, 9.17) is 4.55 Å². The highest BCUT2D eigenvalue weighted by Gasteiger charge is 2.19. The predicted octanol–water partition coefficient (Wildman–Crippen LogP) is 1.98. The maximum absolute atomic E-state index is 12.8. The Morgan fingerprint density at radius 2 is 2.08 bits per heavy atom. The molecule has 134 valence electrons. The third kappa shape index (κ3) is 4.19. The van der Waals surface area contributed by atoms with Crippen LogP contribution in [0.15, 0.2) is 53.4 Å². The number of pyridine rings is 1. The van der Waals surface area contributed by atoms with Gasteiger partial charge in [0.15, 0.2) is 5.82 Å². The molecule has 0 radical (unpaired) electrons. The third-order valence-electron chi connectivity index (χ3n) is 3.32. The normalized spacial score (nSPS) is 11.5. The lowest BCUT2D eigenvalue weighted by Crippen LogP contribution is -2.12. The van der Waals surface area contributed by atoms with Crippen LogP contribution in [0.25, 0.3) is 5.69 Å². The summed E-state index contributed by atoms with van der Waals surface area (Å²) in [4.78, 5) is 16.9. The molecule has 26 heavy (non-hydrogen) atoms. The smallest absolute Gasteiger partial charge is 0.287 e. The number of nitrogens with zero attached hydrogens (tertiary/aromatic N) is 4. The van der Waals surface area contributed by atoms with Crippen molar-refractivity contribution in [3.05, 3.63) is 70.5 Å². The van der Waals surface area contributed by atoms with Crippen molar-refractivity contribution in [3.8, 4) is 5.69 Å². The summed E-state index contributed by atoms with van der Waals surface area (Å²) in [7, 11) is -4.64. The summed E-state index contributed by atoms with van der Waals surface area (Å²) >= 11 is 3.33. The Morgan fingerprint density at radius 3 is 2.77 bits per heavy atom. The van der Waals surface area contributed by atoms with Gasteiger partial charge in [-0.2, -0.15) is 8.42 Å². The lowest BCUT2D eigenvalue weighted by molar-refractivity contribution is 0.103. The second kappa shape index (κ2) is 7.41. The van der Waals surface area contributed by atoms with E-state index < -0.39 is 17.0 Å².